The number of rotatable bonds is 9. The molecule has 19 nitrogen and oxygen atoms in total. The van der Waals surface area contributed by atoms with Gasteiger partial charge in [0.1, 0.15) is 73.2 Å². The van der Waals surface area contributed by atoms with Gasteiger partial charge in [-0.2, -0.15) is 0 Å². The molecule has 4 aliphatic carbocycles. The second-order valence-electron chi connectivity index (χ2n) is 18.0. The molecule has 0 aromatic rings. The molecule has 1 spiro atoms. The summed E-state index contributed by atoms with van der Waals surface area (Å²) in [5.41, 5.74) is -1.80. The zero-order valence-electron chi connectivity index (χ0n) is 32.3. The topological polar surface area (TPSA) is 326 Å². The Morgan fingerprint density at radius 3 is 1.81 bits per heavy atom. The first-order chi connectivity index (χ1) is 26.4. The minimum atomic E-state index is -1.81. The van der Waals surface area contributed by atoms with Crippen molar-refractivity contribution in [1.82, 2.24) is 0 Å². The third-order valence-electron chi connectivity index (χ3n) is 15.0. The van der Waals surface area contributed by atoms with Crippen LogP contribution in [0.15, 0.2) is 12.2 Å². The number of carbonyl (C=O) groups is 1. The number of aliphatic hydroxyl groups excluding tert-OH is 11. The van der Waals surface area contributed by atoms with Crippen molar-refractivity contribution < 1.29 is 94.9 Å². The van der Waals surface area contributed by atoms with Crippen molar-refractivity contribution >= 4 is 5.97 Å². The van der Waals surface area contributed by atoms with E-state index < -0.39 is 129 Å². The van der Waals surface area contributed by atoms with Gasteiger partial charge in [-0.3, -0.25) is 4.79 Å². The Morgan fingerprint density at radius 2 is 1.21 bits per heavy atom. The molecule has 0 radical (unpaired) electrons. The van der Waals surface area contributed by atoms with Crippen LogP contribution in [0.25, 0.3) is 0 Å². The summed E-state index contributed by atoms with van der Waals surface area (Å²) in [6, 6.07) is 0. The molecule has 3 saturated heterocycles. The standard InChI is InChI=1S/C38H60O18.H2O/c1-16-11-37-9-5-20-35(2,7-4-8-36(20,3)34(50)55-32-29(49)26(46)23(43)18(13-40)52-32)21(37)6-10-38(16,15-37)56-33-30(27(47)24(44)19(14-41)53-33)54-31-28(48)25(45)22(42)17(12-39)51-31;/h17-33,39-49H,1,4-15H2,2-3H3;1H2/t17-,18-,19-,20?,21?,22-,23?,24?,25+,26+,27+,28-,29?,30-,31+,32+,33-,35-,36-,37-,38-;/m1./s1. The van der Waals surface area contributed by atoms with E-state index in [4.69, 9.17) is 28.4 Å². The van der Waals surface area contributed by atoms with Gasteiger partial charge in [0.2, 0.25) is 6.29 Å². The number of fused-ring (bicyclic) bond motifs is 3. The molecule has 7 aliphatic rings. The fourth-order valence-corrected chi connectivity index (χ4v) is 12.0. The fourth-order valence-electron chi connectivity index (χ4n) is 12.0. The van der Waals surface area contributed by atoms with Crippen molar-refractivity contribution in [3.63, 3.8) is 0 Å². The lowest BCUT2D eigenvalue weighted by atomic mass is 9.41. The van der Waals surface area contributed by atoms with Gasteiger partial charge >= 0.3 is 5.97 Å². The van der Waals surface area contributed by atoms with Crippen LogP contribution in [0, 0.1) is 28.1 Å². The average molecular weight is 823 g/mol. The van der Waals surface area contributed by atoms with Gasteiger partial charge in [-0.05, 0) is 86.5 Å². The predicted molar refractivity (Wildman–Crippen MR) is 190 cm³/mol. The molecule has 13 N–H and O–H groups in total. The van der Waals surface area contributed by atoms with E-state index in [1.807, 2.05) is 6.92 Å². The van der Waals surface area contributed by atoms with Crippen LogP contribution >= 0.6 is 0 Å². The zero-order chi connectivity index (χ0) is 40.7. The highest BCUT2D eigenvalue weighted by molar-refractivity contribution is 5.77. The summed E-state index contributed by atoms with van der Waals surface area (Å²) < 4.78 is 35.6. The second kappa shape index (κ2) is 16.4. The highest BCUT2D eigenvalue weighted by atomic mass is 16.8. The number of carbonyl (C=O) groups excluding carboxylic acids is 1. The monoisotopic (exact) mass is 822 g/mol. The summed E-state index contributed by atoms with van der Waals surface area (Å²) in [7, 11) is 0. The van der Waals surface area contributed by atoms with Crippen LogP contribution < -0.4 is 0 Å². The maximum absolute atomic E-state index is 14.1. The van der Waals surface area contributed by atoms with E-state index in [9.17, 15) is 61.0 Å². The minimum Gasteiger partial charge on any atom is -0.432 e. The fraction of sp³-hybridized carbons (Fsp3) is 0.921. The molecule has 7 rings (SSSR count). The van der Waals surface area contributed by atoms with Crippen LogP contribution in [0.1, 0.15) is 71.6 Å². The van der Waals surface area contributed by atoms with E-state index in [0.29, 0.717) is 44.9 Å². The predicted octanol–water partition coefficient (Wildman–Crippen LogP) is -3.76. The van der Waals surface area contributed by atoms with Crippen LogP contribution in [0.3, 0.4) is 0 Å². The van der Waals surface area contributed by atoms with Crippen LogP contribution in [-0.2, 0) is 33.2 Å². The number of esters is 1. The van der Waals surface area contributed by atoms with Gasteiger partial charge in [-0.1, -0.05) is 19.9 Å². The summed E-state index contributed by atoms with van der Waals surface area (Å²) in [5.74, 6) is -0.591. The molecule has 3 aliphatic heterocycles. The summed E-state index contributed by atoms with van der Waals surface area (Å²) in [6.45, 7) is 6.52. The Bertz CT molecular complexity index is 1450. The SMILES string of the molecule is C=C1C[C@@]23CCC4[C@@](C)(CCC[C@@]4(C)C(=O)O[C@@H]4O[C@H](CO)C(O)[C@H](O)C4O)C2CC[C@@]1(O[C@H]1O[C@H](CO)C(O)[C@H](O)[C@H]1O[C@@H]1O[C@H](CO)[C@@H](O)[C@H](O)[C@H]1O)C3.O. The highest BCUT2D eigenvalue weighted by Gasteiger charge is 2.69. The number of ether oxygens (including phenoxy) is 6. The number of aliphatic hydroxyl groups is 11. The zero-order valence-corrected chi connectivity index (χ0v) is 32.3. The normalized spacial score (nSPS) is 53.6. The third-order valence-corrected chi connectivity index (χ3v) is 15.0. The third kappa shape index (κ3) is 7.20. The van der Waals surface area contributed by atoms with Crippen molar-refractivity contribution in [2.45, 2.75) is 169 Å². The summed E-state index contributed by atoms with van der Waals surface area (Å²) in [6.07, 6.45) is -17.8. The van der Waals surface area contributed by atoms with Gasteiger partial charge in [0.05, 0.1) is 30.8 Å². The van der Waals surface area contributed by atoms with Gasteiger partial charge in [0.25, 0.3) is 0 Å². The first-order valence-electron chi connectivity index (χ1n) is 19.9. The van der Waals surface area contributed by atoms with Crippen LogP contribution in [0.4, 0.5) is 0 Å². The molecule has 0 aromatic carbocycles. The van der Waals surface area contributed by atoms with E-state index in [1.54, 1.807) is 0 Å². The van der Waals surface area contributed by atoms with E-state index >= 15 is 0 Å². The molecule has 21 atom stereocenters. The van der Waals surface area contributed by atoms with Crippen molar-refractivity contribution in [2.24, 2.45) is 28.1 Å². The largest absolute Gasteiger partial charge is 0.432 e. The van der Waals surface area contributed by atoms with Gasteiger partial charge < -0.3 is 90.1 Å². The highest BCUT2D eigenvalue weighted by Crippen LogP contribution is 2.73. The van der Waals surface area contributed by atoms with E-state index in [-0.39, 0.29) is 28.1 Å². The first kappa shape index (κ1) is 45.1. The van der Waals surface area contributed by atoms with Crippen molar-refractivity contribution in [2.75, 3.05) is 19.8 Å². The van der Waals surface area contributed by atoms with E-state index in [1.165, 1.54) is 0 Å². The van der Waals surface area contributed by atoms with Crippen LogP contribution in [-0.4, -0.2) is 185 Å². The van der Waals surface area contributed by atoms with Crippen LogP contribution in [0.2, 0.25) is 0 Å². The minimum absolute atomic E-state index is 0. The number of hydrogen-bond donors (Lipinski definition) is 11. The van der Waals surface area contributed by atoms with Gasteiger partial charge in [-0.25, -0.2) is 0 Å². The lowest BCUT2D eigenvalue weighted by Crippen LogP contribution is -2.65. The molecule has 3 heterocycles. The smallest absolute Gasteiger partial charge is 0.314 e. The molecule has 19 heteroatoms. The lowest BCUT2D eigenvalue weighted by molar-refractivity contribution is -0.378. The number of hydrogen-bond acceptors (Lipinski definition) is 18. The second-order valence-corrected chi connectivity index (χ2v) is 18.0. The molecule has 2 bridgehead atoms. The molecular weight excluding hydrogens is 760 g/mol. The molecule has 57 heavy (non-hydrogen) atoms. The molecule has 4 saturated carbocycles. The Hall–Kier alpha value is -1.47. The maximum atomic E-state index is 14.1. The van der Waals surface area contributed by atoms with Crippen molar-refractivity contribution in [3.05, 3.63) is 12.2 Å². The van der Waals surface area contributed by atoms with Gasteiger partial charge in [0.15, 0.2) is 12.6 Å². The molecule has 5 unspecified atom stereocenters. The average Bonchev–Trinajstić information content (AvgIpc) is 3.37. The molecule has 0 aromatic heterocycles. The summed E-state index contributed by atoms with van der Waals surface area (Å²) in [4.78, 5) is 14.1. The van der Waals surface area contributed by atoms with Gasteiger partial charge in [0, 0.05) is 0 Å². The molecule has 7 fully saturated rings. The van der Waals surface area contributed by atoms with Crippen molar-refractivity contribution in [1.29, 1.82) is 0 Å². The Kier molecular flexibility index (Phi) is 13.0. The van der Waals surface area contributed by atoms with Crippen molar-refractivity contribution in [3.8, 4) is 0 Å². The van der Waals surface area contributed by atoms with E-state index in [0.717, 1.165) is 18.4 Å². The maximum Gasteiger partial charge on any atom is 0.314 e. The molecule has 0 amide bonds. The van der Waals surface area contributed by atoms with Gasteiger partial charge in [-0.15, -0.1) is 0 Å². The summed E-state index contributed by atoms with van der Waals surface area (Å²) in [5, 5.41) is 114. The first-order valence-corrected chi connectivity index (χ1v) is 19.9. The Morgan fingerprint density at radius 1 is 0.684 bits per heavy atom. The Balaban J connectivity index is 0.00000549. The lowest BCUT2D eigenvalue weighted by Gasteiger charge is -2.64. The van der Waals surface area contributed by atoms with E-state index in [2.05, 4.69) is 13.5 Å². The molecule has 328 valence electrons. The molecular formula is C38H62O19. The summed E-state index contributed by atoms with van der Waals surface area (Å²) >= 11 is 0. The van der Waals surface area contributed by atoms with Crippen LogP contribution in [0.5, 0.6) is 0 Å². The Labute approximate surface area is 330 Å². The quantitative estimate of drug-likeness (QED) is 0.0604.